The normalized spacial score (nSPS) is 16.0. The molecule has 1 saturated carbocycles. The van der Waals surface area contributed by atoms with E-state index < -0.39 is 5.54 Å². The lowest BCUT2D eigenvalue weighted by Crippen LogP contribution is -2.51. The Morgan fingerprint density at radius 3 is 2.50 bits per heavy atom. The Hall–Kier alpha value is -2.70. The number of aromatic nitrogens is 2. The zero-order chi connectivity index (χ0) is 18.4. The molecular weight excluding hydrogens is 332 g/mol. The van der Waals surface area contributed by atoms with E-state index in [-0.39, 0.29) is 24.8 Å². The predicted molar refractivity (Wildman–Crippen MR) is 95.1 cm³/mol. The summed E-state index contributed by atoms with van der Waals surface area (Å²) in [5.41, 5.74) is 0.313. The van der Waals surface area contributed by atoms with Gasteiger partial charge >= 0.3 is 0 Å². The molecule has 1 aliphatic rings. The van der Waals surface area contributed by atoms with Crippen molar-refractivity contribution in [2.45, 2.75) is 51.0 Å². The first-order chi connectivity index (χ1) is 12.6. The van der Waals surface area contributed by atoms with Crippen molar-refractivity contribution in [3.8, 4) is 0 Å². The molecular formula is C19H24N4O3. The second-order valence-electron chi connectivity index (χ2n) is 6.77. The van der Waals surface area contributed by atoms with Gasteiger partial charge in [0.1, 0.15) is 5.54 Å². The van der Waals surface area contributed by atoms with Gasteiger partial charge in [0.05, 0.1) is 13.0 Å². The molecule has 0 bridgehead atoms. The Kier molecular flexibility index (Phi) is 5.65. The number of amides is 2. The van der Waals surface area contributed by atoms with E-state index in [0.29, 0.717) is 11.7 Å². The number of hydrogen-bond acceptors (Lipinski definition) is 5. The second kappa shape index (κ2) is 8.12. The van der Waals surface area contributed by atoms with Gasteiger partial charge in [-0.05, 0) is 18.4 Å². The number of carbonyl (C=O) groups is 2. The minimum Gasteiger partial charge on any atom is -0.347 e. The maximum Gasteiger partial charge on any atom is 0.240 e. The van der Waals surface area contributed by atoms with E-state index in [1.54, 1.807) is 6.92 Å². The van der Waals surface area contributed by atoms with Crippen LogP contribution in [0.25, 0.3) is 0 Å². The summed E-state index contributed by atoms with van der Waals surface area (Å²) < 4.78 is 5.11. The van der Waals surface area contributed by atoms with Crippen molar-refractivity contribution in [1.29, 1.82) is 0 Å². The molecule has 3 rings (SSSR count). The zero-order valence-corrected chi connectivity index (χ0v) is 15.0. The maximum absolute atomic E-state index is 12.4. The highest BCUT2D eigenvalue weighted by molar-refractivity contribution is 5.86. The van der Waals surface area contributed by atoms with Crippen LogP contribution in [-0.2, 0) is 21.5 Å². The van der Waals surface area contributed by atoms with Crippen molar-refractivity contribution >= 4 is 11.8 Å². The average molecular weight is 356 g/mol. The van der Waals surface area contributed by atoms with Crippen molar-refractivity contribution in [2.75, 3.05) is 6.54 Å². The molecule has 1 aliphatic carbocycles. The minimum atomic E-state index is -0.600. The predicted octanol–water partition coefficient (Wildman–Crippen LogP) is 2.01. The van der Waals surface area contributed by atoms with Crippen molar-refractivity contribution in [3.05, 3.63) is 47.6 Å². The van der Waals surface area contributed by atoms with E-state index in [9.17, 15) is 9.59 Å². The summed E-state index contributed by atoms with van der Waals surface area (Å²) in [5, 5.41) is 9.75. The summed E-state index contributed by atoms with van der Waals surface area (Å²) in [6.07, 6.45) is 4.92. The van der Waals surface area contributed by atoms with Gasteiger partial charge in [0, 0.05) is 6.92 Å². The Morgan fingerprint density at radius 1 is 1.12 bits per heavy atom. The topological polar surface area (TPSA) is 97.1 Å². The third-order valence-electron chi connectivity index (χ3n) is 4.70. The van der Waals surface area contributed by atoms with Crippen LogP contribution >= 0.6 is 0 Å². The molecule has 0 unspecified atom stereocenters. The monoisotopic (exact) mass is 356 g/mol. The molecule has 1 heterocycles. The van der Waals surface area contributed by atoms with Gasteiger partial charge in [0.2, 0.25) is 17.7 Å². The van der Waals surface area contributed by atoms with Crippen LogP contribution in [0.4, 0.5) is 0 Å². The Bertz CT molecular complexity index is 751. The number of nitrogens with zero attached hydrogens (tertiary/aromatic N) is 2. The molecule has 1 fully saturated rings. The zero-order valence-electron chi connectivity index (χ0n) is 15.0. The van der Waals surface area contributed by atoms with Gasteiger partial charge in [-0.2, -0.15) is 4.98 Å². The van der Waals surface area contributed by atoms with E-state index >= 15 is 0 Å². The molecule has 0 atom stereocenters. The molecule has 7 heteroatoms. The first kappa shape index (κ1) is 18.1. The molecule has 138 valence electrons. The first-order valence-corrected chi connectivity index (χ1v) is 9.00. The smallest absolute Gasteiger partial charge is 0.240 e. The van der Waals surface area contributed by atoms with Crippen molar-refractivity contribution < 1.29 is 14.1 Å². The number of nitrogens with one attached hydrogen (secondary N) is 2. The molecule has 7 nitrogen and oxygen atoms in total. The number of hydrogen-bond donors (Lipinski definition) is 2. The number of benzene rings is 1. The Balaban J connectivity index is 1.57. The fourth-order valence-electron chi connectivity index (χ4n) is 3.39. The SMILES string of the molecule is Cc1nc(C2(NC(=O)CNC(=O)Cc3ccccc3)CCCCC2)no1. The van der Waals surface area contributed by atoms with Crippen LogP contribution in [-0.4, -0.2) is 28.5 Å². The van der Waals surface area contributed by atoms with E-state index in [1.165, 1.54) is 0 Å². The molecule has 1 aromatic heterocycles. The second-order valence-corrected chi connectivity index (χ2v) is 6.77. The maximum atomic E-state index is 12.4. The fourth-order valence-corrected chi connectivity index (χ4v) is 3.39. The van der Waals surface area contributed by atoms with Crippen LogP contribution in [0.5, 0.6) is 0 Å². The van der Waals surface area contributed by atoms with E-state index in [2.05, 4.69) is 20.8 Å². The summed E-state index contributed by atoms with van der Waals surface area (Å²) in [6, 6.07) is 9.44. The Labute approximate surface area is 152 Å². The van der Waals surface area contributed by atoms with Crippen molar-refractivity contribution in [1.82, 2.24) is 20.8 Å². The van der Waals surface area contributed by atoms with Crippen LogP contribution < -0.4 is 10.6 Å². The third kappa shape index (κ3) is 4.47. The van der Waals surface area contributed by atoms with Crippen LogP contribution in [0, 0.1) is 6.92 Å². The number of aryl methyl sites for hydroxylation is 1. The van der Waals surface area contributed by atoms with Gasteiger partial charge < -0.3 is 15.2 Å². The standard InChI is InChI=1S/C19H24N4O3/c1-14-21-18(23-26-14)19(10-6-3-7-11-19)22-17(25)13-20-16(24)12-15-8-4-2-5-9-15/h2,4-5,8-9H,3,6-7,10-13H2,1H3,(H,20,24)(H,22,25). The van der Waals surface area contributed by atoms with E-state index in [1.807, 2.05) is 30.3 Å². The molecule has 2 aromatic rings. The molecule has 0 aliphatic heterocycles. The van der Waals surface area contributed by atoms with Crippen LogP contribution in [0.3, 0.4) is 0 Å². The third-order valence-corrected chi connectivity index (χ3v) is 4.70. The first-order valence-electron chi connectivity index (χ1n) is 9.00. The van der Waals surface area contributed by atoms with Gasteiger partial charge in [-0.1, -0.05) is 54.8 Å². The highest BCUT2D eigenvalue weighted by atomic mass is 16.5. The Morgan fingerprint density at radius 2 is 1.85 bits per heavy atom. The minimum absolute atomic E-state index is 0.0652. The summed E-state index contributed by atoms with van der Waals surface area (Å²) in [4.78, 5) is 28.8. The molecule has 0 spiro atoms. The molecule has 1 aromatic carbocycles. The van der Waals surface area contributed by atoms with Crippen molar-refractivity contribution in [2.24, 2.45) is 0 Å². The molecule has 2 amide bonds. The lowest BCUT2D eigenvalue weighted by Gasteiger charge is -2.35. The van der Waals surface area contributed by atoms with Gasteiger partial charge in [0.25, 0.3) is 0 Å². The summed E-state index contributed by atoms with van der Waals surface area (Å²) in [6.45, 7) is 1.67. The lowest BCUT2D eigenvalue weighted by atomic mass is 9.81. The summed E-state index contributed by atoms with van der Waals surface area (Å²) in [7, 11) is 0. The van der Waals surface area contributed by atoms with Gasteiger partial charge in [-0.25, -0.2) is 0 Å². The van der Waals surface area contributed by atoms with Crippen molar-refractivity contribution in [3.63, 3.8) is 0 Å². The highest BCUT2D eigenvalue weighted by Crippen LogP contribution is 2.35. The quantitative estimate of drug-likeness (QED) is 0.825. The fraction of sp³-hybridized carbons (Fsp3) is 0.474. The van der Waals surface area contributed by atoms with Gasteiger partial charge in [0.15, 0.2) is 5.82 Å². The largest absolute Gasteiger partial charge is 0.347 e. The van der Waals surface area contributed by atoms with Gasteiger partial charge in [-0.15, -0.1) is 0 Å². The van der Waals surface area contributed by atoms with Crippen LogP contribution in [0.15, 0.2) is 34.9 Å². The lowest BCUT2D eigenvalue weighted by molar-refractivity contribution is -0.127. The molecule has 0 radical (unpaired) electrons. The van der Waals surface area contributed by atoms with Gasteiger partial charge in [-0.3, -0.25) is 9.59 Å². The average Bonchev–Trinajstić information content (AvgIpc) is 3.09. The molecule has 2 N–H and O–H groups in total. The summed E-state index contributed by atoms with van der Waals surface area (Å²) in [5.74, 6) is 0.587. The van der Waals surface area contributed by atoms with Crippen LogP contribution in [0.1, 0.15) is 49.4 Å². The summed E-state index contributed by atoms with van der Waals surface area (Å²) >= 11 is 0. The van der Waals surface area contributed by atoms with E-state index in [0.717, 1.165) is 37.7 Å². The number of rotatable bonds is 6. The number of carbonyl (C=O) groups excluding carboxylic acids is 2. The van der Waals surface area contributed by atoms with Crippen LogP contribution in [0.2, 0.25) is 0 Å². The molecule has 0 saturated heterocycles. The van der Waals surface area contributed by atoms with E-state index in [4.69, 9.17) is 4.52 Å². The molecule has 26 heavy (non-hydrogen) atoms. The highest BCUT2D eigenvalue weighted by Gasteiger charge is 2.39.